The fraction of sp³-hybridized carbons (Fsp3) is 0.0714. The SMILES string of the molecule is Cc1ccc(NC(=S)Nc2cccc(SC(C(=O)Nc3cccc(Cl)c3Cl)c3ccccc3)c2)cc1. The Labute approximate surface area is 230 Å². The Morgan fingerprint density at radius 1 is 0.806 bits per heavy atom. The van der Waals surface area contributed by atoms with Gasteiger partial charge in [0.15, 0.2) is 5.11 Å². The Bertz CT molecular complexity index is 1370. The van der Waals surface area contributed by atoms with Crippen LogP contribution in [0.2, 0.25) is 10.0 Å². The van der Waals surface area contributed by atoms with Crippen LogP contribution in [-0.2, 0) is 4.79 Å². The summed E-state index contributed by atoms with van der Waals surface area (Å²) in [7, 11) is 0. The normalized spacial score (nSPS) is 11.4. The Hall–Kier alpha value is -3.03. The van der Waals surface area contributed by atoms with Gasteiger partial charge in [-0.05, 0) is 67.2 Å². The number of hydrogen-bond acceptors (Lipinski definition) is 3. The van der Waals surface area contributed by atoms with Crippen molar-refractivity contribution in [2.45, 2.75) is 17.1 Å². The van der Waals surface area contributed by atoms with Crippen molar-refractivity contribution in [3.8, 4) is 0 Å². The molecule has 8 heteroatoms. The molecule has 4 nitrogen and oxygen atoms in total. The number of carbonyl (C=O) groups is 1. The van der Waals surface area contributed by atoms with E-state index in [0.29, 0.717) is 20.8 Å². The van der Waals surface area contributed by atoms with Gasteiger partial charge in [0.2, 0.25) is 5.91 Å². The Morgan fingerprint density at radius 3 is 2.25 bits per heavy atom. The molecule has 3 N–H and O–H groups in total. The Balaban J connectivity index is 1.50. The molecule has 36 heavy (non-hydrogen) atoms. The summed E-state index contributed by atoms with van der Waals surface area (Å²) in [6.07, 6.45) is 0. The molecule has 4 aromatic rings. The molecule has 0 saturated heterocycles. The van der Waals surface area contributed by atoms with Crippen molar-refractivity contribution in [1.82, 2.24) is 0 Å². The highest BCUT2D eigenvalue weighted by Gasteiger charge is 2.23. The van der Waals surface area contributed by atoms with Crippen molar-refractivity contribution in [3.05, 3.63) is 118 Å². The lowest BCUT2D eigenvalue weighted by Gasteiger charge is -2.18. The molecule has 1 unspecified atom stereocenters. The van der Waals surface area contributed by atoms with Crippen LogP contribution in [0.3, 0.4) is 0 Å². The standard InChI is InChI=1S/C28H23Cl2N3OS2/c1-18-13-15-20(16-14-18)31-28(35)32-21-9-5-10-22(17-21)36-26(19-7-3-2-4-8-19)27(34)33-24-12-6-11-23(29)25(24)30/h2-17,26H,1H3,(H,33,34)(H2,31,32,35). The van der Waals surface area contributed by atoms with Gasteiger partial charge in [-0.1, -0.05) is 83.4 Å². The molecule has 0 aliphatic heterocycles. The van der Waals surface area contributed by atoms with Crippen LogP contribution in [0.4, 0.5) is 17.1 Å². The third kappa shape index (κ3) is 7.02. The third-order valence-electron chi connectivity index (χ3n) is 5.21. The van der Waals surface area contributed by atoms with E-state index in [2.05, 4.69) is 16.0 Å². The van der Waals surface area contributed by atoms with Crippen LogP contribution in [0.1, 0.15) is 16.4 Å². The smallest absolute Gasteiger partial charge is 0.242 e. The van der Waals surface area contributed by atoms with Crippen LogP contribution >= 0.6 is 47.2 Å². The molecule has 0 radical (unpaired) electrons. The van der Waals surface area contributed by atoms with Crippen molar-refractivity contribution in [3.63, 3.8) is 0 Å². The van der Waals surface area contributed by atoms with Crippen LogP contribution in [-0.4, -0.2) is 11.0 Å². The van der Waals surface area contributed by atoms with Crippen molar-refractivity contribution < 1.29 is 4.79 Å². The molecule has 4 aromatic carbocycles. The number of aryl methyl sites for hydroxylation is 1. The van der Waals surface area contributed by atoms with Gasteiger partial charge in [-0.3, -0.25) is 4.79 Å². The van der Waals surface area contributed by atoms with Crippen LogP contribution in [0.15, 0.2) is 102 Å². The zero-order valence-electron chi connectivity index (χ0n) is 19.3. The number of amides is 1. The van der Waals surface area contributed by atoms with E-state index in [4.69, 9.17) is 35.4 Å². The first kappa shape index (κ1) is 26.0. The van der Waals surface area contributed by atoms with Crippen LogP contribution in [0.5, 0.6) is 0 Å². The molecule has 1 amide bonds. The molecule has 182 valence electrons. The first-order valence-electron chi connectivity index (χ1n) is 11.1. The summed E-state index contributed by atoms with van der Waals surface area (Å²) in [5.74, 6) is -0.203. The second kappa shape index (κ2) is 12.3. The van der Waals surface area contributed by atoms with E-state index in [9.17, 15) is 4.79 Å². The van der Waals surface area contributed by atoms with Gasteiger partial charge in [0.25, 0.3) is 0 Å². The number of thioether (sulfide) groups is 1. The summed E-state index contributed by atoms with van der Waals surface area (Å²) in [6, 6.07) is 30.5. The minimum atomic E-state index is -0.519. The lowest BCUT2D eigenvalue weighted by Crippen LogP contribution is -2.20. The monoisotopic (exact) mass is 551 g/mol. The molecular formula is C28H23Cl2N3OS2. The highest BCUT2D eigenvalue weighted by molar-refractivity contribution is 8.00. The second-order valence-corrected chi connectivity index (χ2v) is 10.3. The van der Waals surface area contributed by atoms with E-state index in [0.717, 1.165) is 21.8 Å². The Morgan fingerprint density at radius 2 is 1.50 bits per heavy atom. The van der Waals surface area contributed by atoms with Gasteiger partial charge in [0.05, 0.1) is 15.7 Å². The summed E-state index contributed by atoms with van der Waals surface area (Å²) in [4.78, 5) is 14.3. The first-order valence-corrected chi connectivity index (χ1v) is 13.1. The first-order chi connectivity index (χ1) is 17.4. The molecule has 0 aliphatic rings. The van der Waals surface area contributed by atoms with Gasteiger partial charge >= 0.3 is 0 Å². The summed E-state index contributed by atoms with van der Waals surface area (Å²) >= 11 is 19.3. The number of hydrogen-bond donors (Lipinski definition) is 3. The van der Waals surface area contributed by atoms with E-state index in [1.807, 2.05) is 85.8 Å². The molecule has 0 bridgehead atoms. The zero-order chi connectivity index (χ0) is 25.5. The summed E-state index contributed by atoms with van der Waals surface area (Å²) < 4.78 is 0. The van der Waals surface area contributed by atoms with Crippen LogP contribution in [0.25, 0.3) is 0 Å². The van der Waals surface area contributed by atoms with E-state index < -0.39 is 5.25 Å². The molecule has 1 atom stereocenters. The maximum atomic E-state index is 13.4. The van der Waals surface area contributed by atoms with E-state index in [-0.39, 0.29) is 5.91 Å². The minimum Gasteiger partial charge on any atom is -0.332 e. The number of carbonyl (C=O) groups excluding carboxylic acids is 1. The van der Waals surface area contributed by atoms with Crippen LogP contribution < -0.4 is 16.0 Å². The lowest BCUT2D eigenvalue weighted by atomic mass is 10.1. The van der Waals surface area contributed by atoms with Gasteiger partial charge in [-0.15, -0.1) is 11.8 Å². The van der Waals surface area contributed by atoms with Gasteiger partial charge in [-0.25, -0.2) is 0 Å². The molecule has 0 spiro atoms. The summed E-state index contributed by atoms with van der Waals surface area (Å²) in [5, 5.41) is 9.98. The van der Waals surface area contributed by atoms with Gasteiger partial charge in [0.1, 0.15) is 5.25 Å². The second-order valence-electron chi connectivity index (χ2n) is 7.97. The number of rotatable bonds is 7. The van der Waals surface area contributed by atoms with Crippen LogP contribution in [0, 0.1) is 6.92 Å². The third-order valence-corrected chi connectivity index (χ3v) is 7.48. The molecule has 0 saturated carbocycles. The highest BCUT2D eigenvalue weighted by Crippen LogP contribution is 2.38. The maximum Gasteiger partial charge on any atom is 0.242 e. The average Bonchev–Trinajstić information content (AvgIpc) is 2.87. The summed E-state index contributed by atoms with van der Waals surface area (Å²) in [5.41, 5.74) is 4.24. The largest absolute Gasteiger partial charge is 0.332 e. The predicted octanol–water partition coefficient (Wildman–Crippen LogP) is 8.58. The fourth-order valence-electron chi connectivity index (χ4n) is 3.41. The average molecular weight is 553 g/mol. The van der Waals surface area contributed by atoms with Crippen molar-refractivity contribution >= 4 is 75.3 Å². The number of nitrogens with one attached hydrogen (secondary N) is 3. The van der Waals surface area contributed by atoms with Crippen molar-refractivity contribution in [1.29, 1.82) is 0 Å². The van der Waals surface area contributed by atoms with Gasteiger partial charge in [0, 0.05) is 16.3 Å². The molecule has 0 heterocycles. The minimum absolute atomic E-state index is 0.203. The maximum absolute atomic E-state index is 13.4. The molecule has 4 rings (SSSR count). The van der Waals surface area contributed by atoms with Gasteiger partial charge in [-0.2, -0.15) is 0 Å². The van der Waals surface area contributed by atoms with E-state index in [1.54, 1.807) is 18.2 Å². The number of anilines is 3. The summed E-state index contributed by atoms with van der Waals surface area (Å²) in [6.45, 7) is 2.04. The van der Waals surface area contributed by atoms with E-state index in [1.165, 1.54) is 17.3 Å². The predicted molar refractivity (Wildman–Crippen MR) is 158 cm³/mol. The topological polar surface area (TPSA) is 53.2 Å². The number of benzene rings is 4. The van der Waals surface area contributed by atoms with Gasteiger partial charge < -0.3 is 16.0 Å². The number of thiocarbonyl (C=S) groups is 1. The lowest BCUT2D eigenvalue weighted by molar-refractivity contribution is -0.115. The van der Waals surface area contributed by atoms with Crippen molar-refractivity contribution in [2.75, 3.05) is 16.0 Å². The van der Waals surface area contributed by atoms with Crippen molar-refractivity contribution in [2.24, 2.45) is 0 Å². The quantitative estimate of drug-likeness (QED) is 0.158. The van der Waals surface area contributed by atoms with E-state index >= 15 is 0 Å². The fourth-order valence-corrected chi connectivity index (χ4v) is 5.08. The number of halogens is 2. The zero-order valence-corrected chi connectivity index (χ0v) is 22.4. The molecular weight excluding hydrogens is 529 g/mol. The molecule has 0 aliphatic carbocycles. The molecule has 0 fully saturated rings. The molecule has 0 aromatic heterocycles. The highest BCUT2D eigenvalue weighted by atomic mass is 35.5. The Kier molecular flexibility index (Phi) is 8.88.